The molecule has 0 bridgehead atoms. The zero-order chi connectivity index (χ0) is 20.8. The number of aromatic amines is 1. The average Bonchev–Trinajstić information content (AvgIpc) is 3.40. The van der Waals surface area contributed by atoms with Gasteiger partial charge in [0.1, 0.15) is 11.4 Å². The minimum absolute atomic E-state index is 0.146. The highest BCUT2D eigenvalue weighted by Crippen LogP contribution is 2.53. The molecule has 0 saturated heterocycles. The lowest BCUT2D eigenvalue weighted by Crippen LogP contribution is -2.27. The molecule has 2 atom stereocenters. The van der Waals surface area contributed by atoms with Gasteiger partial charge in [-0.3, -0.25) is 10.1 Å². The second-order valence-electron chi connectivity index (χ2n) is 8.31. The fourth-order valence-electron chi connectivity index (χ4n) is 3.44. The van der Waals surface area contributed by atoms with Crippen LogP contribution >= 0.6 is 11.6 Å². The van der Waals surface area contributed by atoms with Crippen molar-refractivity contribution in [2.24, 2.45) is 0 Å². The van der Waals surface area contributed by atoms with Crippen LogP contribution in [0.4, 0.5) is 10.5 Å². The van der Waals surface area contributed by atoms with Gasteiger partial charge in [-0.05, 0) is 69.0 Å². The molecule has 1 amide bonds. The summed E-state index contributed by atoms with van der Waals surface area (Å²) in [6, 6.07) is 12.8. The van der Waals surface area contributed by atoms with E-state index in [0.29, 0.717) is 27.4 Å². The highest BCUT2D eigenvalue weighted by molar-refractivity contribution is 6.30. The number of carbonyl (C=O) groups excluding carboxylic acids is 1. The van der Waals surface area contributed by atoms with E-state index < -0.39 is 11.7 Å². The Labute approximate surface area is 173 Å². The largest absolute Gasteiger partial charge is 0.444 e. The summed E-state index contributed by atoms with van der Waals surface area (Å²) < 4.78 is 5.27. The topological polar surface area (TPSA) is 84.1 Å². The maximum Gasteiger partial charge on any atom is 0.412 e. The summed E-state index contributed by atoms with van der Waals surface area (Å²) in [5, 5.41) is 3.86. The van der Waals surface area contributed by atoms with Gasteiger partial charge in [0, 0.05) is 16.6 Å². The van der Waals surface area contributed by atoms with Gasteiger partial charge in [-0.2, -0.15) is 0 Å². The predicted octanol–water partition coefficient (Wildman–Crippen LogP) is 5.19. The number of nitrogens with zero attached hydrogens (tertiary/aromatic N) is 1. The number of ether oxygens (including phenoxy) is 1. The van der Waals surface area contributed by atoms with E-state index in [4.69, 9.17) is 16.3 Å². The number of amides is 1. The minimum Gasteiger partial charge on any atom is -0.444 e. The van der Waals surface area contributed by atoms with E-state index in [2.05, 4.69) is 15.3 Å². The number of anilines is 1. The second-order valence-corrected chi connectivity index (χ2v) is 8.75. The number of hydrogen-bond acceptors (Lipinski definition) is 4. The summed E-state index contributed by atoms with van der Waals surface area (Å²) in [6.07, 6.45) is 0.357. The van der Waals surface area contributed by atoms with Crippen LogP contribution in [0.3, 0.4) is 0 Å². The Morgan fingerprint density at radius 2 is 2.00 bits per heavy atom. The van der Waals surface area contributed by atoms with Crippen LogP contribution in [-0.4, -0.2) is 21.7 Å². The van der Waals surface area contributed by atoms with Gasteiger partial charge in [0.05, 0.1) is 10.9 Å². The van der Waals surface area contributed by atoms with E-state index in [1.165, 1.54) is 0 Å². The first-order valence-electron chi connectivity index (χ1n) is 9.49. The number of carbonyl (C=O) groups is 1. The highest BCUT2D eigenvalue weighted by atomic mass is 35.5. The summed E-state index contributed by atoms with van der Waals surface area (Å²) in [4.78, 5) is 32.1. The summed E-state index contributed by atoms with van der Waals surface area (Å²) in [5.41, 5.74) is 1.42. The molecule has 6 nitrogen and oxygen atoms in total. The molecule has 1 saturated carbocycles. The zero-order valence-corrected chi connectivity index (χ0v) is 17.2. The standard InChI is InChI=1S/C22H22ClN3O3/c1-22(2,3)29-21(28)24-14-7-8-15-18(10-14)25-19(26-20(15)27)17-11-16(17)12-5-4-6-13(23)9-12/h4-10,16-17H,11H2,1-3H3,(H,24,28)(H,25,26,27)/t16-,17+/m1/s1. The van der Waals surface area contributed by atoms with Crippen LogP contribution in [0.5, 0.6) is 0 Å². The van der Waals surface area contributed by atoms with Crippen LogP contribution in [0.15, 0.2) is 47.3 Å². The minimum atomic E-state index is -0.592. The Morgan fingerprint density at radius 1 is 1.21 bits per heavy atom. The molecule has 29 heavy (non-hydrogen) atoms. The van der Waals surface area contributed by atoms with Gasteiger partial charge in [0.25, 0.3) is 5.56 Å². The fourth-order valence-corrected chi connectivity index (χ4v) is 3.63. The van der Waals surface area contributed by atoms with E-state index >= 15 is 0 Å². The number of nitrogens with one attached hydrogen (secondary N) is 2. The molecule has 1 heterocycles. The summed E-state index contributed by atoms with van der Waals surface area (Å²) in [5.74, 6) is 1.09. The lowest BCUT2D eigenvalue weighted by Gasteiger charge is -2.19. The quantitative estimate of drug-likeness (QED) is 0.620. The van der Waals surface area contributed by atoms with Crippen LogP contribution in [-0.2, 0) is 4.74 Å². The van der Waals surface area contributed by atoms with Crippen molar-refractivity contribution in [1.82, 2.24) is 9.97 Å². The molecule has 7 heteroatoms. The molecule has 0 spiro atoms. The first-order valence-corrected chi connectivity index (χ1v) is 9.87. The van der Waals surface area contributed by atoms with Crippen molar-refractivity contribution in [1.29, 1.82) is 0 Å². The highest BCUT2D eigenvalue weighted by Gasteiger charge is 2.41. The van der Waals surface area contributed by atoms with Crippen molar-refractivity contribution in [3.8, 4) is 0 Å². The molecule has 1 aromatic heterocycles. The predicted molar refractivity (Wildman–Crippen MR) is 114 cm³/mol. The van der Waals surface area contributed by atoms with Crippen LogP contribution in [0.1, 0.15) is 50.4 Å². The Bertz CT molecular complexity index is 1150. The van der Waals surface area contributed by atoms with E-state index in [0.717, 1.165) is 12.0 Å². The lowest BCUT2D eigenvalue weighted by molar-refractivity contribution is 0.0636. The lowest BCUT2D eigenvalue weighted by atomic mass is 10.1. The third-order valence-corrected chi connectivity index (χ3v) is 5.02. The van der Waals surface area contributed by atoms with Crippen LogP contribution in [0.25, 0.3) is 10.9 Å². The average molecular weight is 412 g/mol. The Hall–Kier alpha value is -2.86. The van der Waals surface area contributed by atoms with Gasteiger partial charge < -0.3 is 9.72 Å². The third kappa shape index (κ3) is 4.43. The Balaban J connectivity index is 1.59. The maximum absolute atomic E-state index is 12.5. The van der Waals surface area contributed by atoms with Gasteiger partial charge in [0.15, 0.2) is 0 Å². The Morgan fingerprint density at radius 3 is 2.72 bits per heavy atom. The molecule has 1 aliphatic rings. The van der Waals surface area contributed by atoms with E-state index in [-0.39, 0.29) is 17.4 Å². The molecule has 1 aliphatic carbocycles. The van der Waals surface area contributed by atoms with E-state index in [1.807, 2.05) is 24.3 Å². The molecule has 150 valence electrons. The molecule has 3 aromatic rings. The second kappa shape index (κ2) is 7.19. The molecule has 0 unspecified atom stereocenters. The van der Waals surface area contributed by atoms with Gasteiger partial charge in [-0.15, -0.1) is 0 Å². The molecule has 1 fully saturated rings. The molecule has 2 N–H and O–H groups in total. The summed E-state index contributed by atoms with van der Waals surface area (Å²) >= 11 is 6.09. The molecule has 2 aromatic carbocycles. The number of aromatic nitrogens is 2. The monoisotopic (exact) mass is 411 g/mol. The van der Waals surface area contributed by atoms with Crippen molar-refractivity contribution in [3.05, 3.63) is 69.2 Å². The molecular weight excluding hydrogens is 390 g/mol. The molecule has 0 aliphatic heterocycles. The van der Waals surface area contributed by atoms with Crippen molar-refractivity contribution >= 4 is 34.3 Å². The number of benzene rings is 2. The van der Waals surface area contributed by atoms with E-state index in [1.54, 1.807) is 39.0 Å². The zero-order valence-electron chi connectivity index (χ0n) is 16.5. The first kappa shape index (κ1) is 19.5. The number of fused-ring (bicyclic) bond motifs is 1. The molecule has 4 rings (SSSR count). The molecule has 0 radical (unpaired) electrons. The van der Waals surface area contributed by atoms with E-state index in [9.17, 15) is 9.59 Å². The molecular formula is C22H22ClN3O3. The SMILES string of the molecule is CC(C)(C)OC(=O)Nc1ccc2c(=O)[nH]c([C@H]3C[C@@H]3c3cccc(Cl)c3)nc2c1. The first-order chi connectivity index (χ1) is 13.7. The van der Waals surface area contributed by atoms with Crippen LogP contribution < -0.4 is 10.9 Å². The van der Waals surface area contributed by atoms with Crippen molar-refractivity contribution in [2.45, 2.75) is 44.6 Å². The van der Waals surface area contributed by atoms with Crippen molar-refractivity contribution in [3.63, 3.8) is 0 Å². The van der Waals surface area contributed by atoms with Gasteiger partial charge >= 0.3 is 6.09 Å². The number of rotatable bonds is 3. The number of halogens is 1. The van der Waals surface area contributed by atoms with Crippen LogP contribution in [0.2, 0.25) is 5.02 Å². The summed E-state index contributed by atoms with van der Waals surface area (Å²) in [7, 11) is 0. The van der Waals surface area contributed by atoms with Crippen molar-refractivity contribution < 1.29 is 9.53 Å². The number of H-pyrrole nitrogens is 1. The van der Waals surface area contributed by atoms with Gasteiger partial charge in [0.2, 0.25) is 0 Å². The maximum atomic E-state index is 12.5. The Kier molecular flexibility index (Phi) is 4.82. The van der Waals surface area contributed by atoms with Crippen molar-refractivity contribution in [2.75, 3.05) is 5.32 Å². The fraction of sp³-hybridized carbons (Fsp3) is 0.318. The smallest absolute Gasteiger partial charge is 0.412 e. The normalized spacial score (nSPS) is 18.5. The van der Waals surface area contributed by atoms with Gasteiger partial charge in [-0.25, -0.2) is 9.78 Å². The summed E-state index contributed by atoms with van der Waals surface area (Å²) in [6.45, 7) is 5.39. The van der Waals surface area contributed by atoms with Gasteiger partial charge in [-0.1, -0.05) is 23.7 Å². The van der Waals surface area contributed by atoms with Crippen LogP contribution in [0, 0.1) is 0 Å². The third-order valence-electron chi connectivity index (χ3n) is 4.79. The number of hydrogen-bond donors (Lipinski definition) is 2.